The molecule has 0 saturated heterocycles. The van der Waals surface area contributed by atoms with Gasteiger partial charge in [-0.1, -0.05) is 38.8 Å². The van der Waals surface area contributed by atoms with Gasteiger partial charge in [0.2, 0.25) is 0 Å². The Hall–Kier alpha value is -1.09. The molecule has 102 valence electrons. The third kappa shape index (κ3) is 5.05. The molecule has 0 amide bonds. The molecule has 1 N–H and O–H groups in total. The summed E-state index contributed by atoms with van der Waals surface area (Å²) in [6.45, 7) is 4.38. The van der Waals surface area contributed by atoms with E-state index in [1.54, 1.807) is 0 Å². The van der Waals surface area contributed by atoms with E-state index in [9.17, 15) is 4.91 Å². The van der Waals surface area contributed by atoms with Gasteiger partial charge < -0.3 is 0 Å². The van der Waals surface area contributed by atoms with Gasteiger partial charge >= 0.3 is 0 Å². The van der Waals surface area contributed by atoms with Crippen LogP contribution in [-0.4, -0.2) is 0 Å². The Kier molecular flexibility index (Phi) is 9.29. The lowest BCUT2D eigenvalue weighted by Gasteiger charge is -2.13. The third-order valence-corrected chi connectivity index (χ3v) is 3.02. The zero-order chi connectivity index (χ0) is 12.5. The Morgan fingerprint density at radius 3 is 2.39 bits per heavy atom. The Labute approximate surface area is 116 Å². The van der Waals surface area contributed by atoms with Crippen molar-refractivity contribution in [2.24, 2.45) is 5.29 Å². The highest BCUT2D eigenvalue weighted by Gasteiger charge is 2.07. The number of hydrogen-bond donors (Lipinski definition) is 1. The van der Waals surface area contributed by atoms with Gasteiger partial charge in [-0.15, -0.1) is 17.3 Å². The summed E-state index contributed by atoms with van der Waals surface area (Å²) in [4.78, 5) is 10.4. The monoisotopic (exact) mass is 270 g/mol. The normalized spacial score (nSPS) is 9.67. The number of aryl methyl sites for hydroxylation is 1. The Bertz CT molecular complexity index is 356. The highest BCUT2D eigenvalue weighted by atomic mass is 35.5. The first-order valence-electron chi connectivity index (χ1n) is 6.52. The van der Waals surface area contributed by atoms with E-state index in [0.29, 0.717) is 0 Å². The highest BCUT2D eigenvalue weighted by Crippen LogP contribution is 2.24. The van der Waals surface area contributed by atoms with E-state index < -0.39 is 0 Å². The lowest BCUT2D eigenvalue weighted by Crippen LogP contribution is -2.00. The average Bonchev–Trinajstić information content (AvgIpc) is 2.35. The fourth-order valence-electron chi connectivity index (χ4n) is 2.04. The predicted molar refractivity (Wildman–Crippen MR) is 80.3 cm³/mol. The van der Waals surface area contributed by atoms with Gasteiger partial charge in [-0.2, -0.15) is 0 Å². The molecule has 1 aromatic rings. The number of nitrogens with one attached hydrogen (secondary N) is 1. The molecule has 1 aromatic carbocycles. The molecule has 0 aliphatic carbocycles. The fourth-order valence-corrected chi connectivity index (χ4v) is 2.04. The van der Waals surface area contributed by atoms with Crippen molar-refractivity contribution in [3.8, 4) is 0 Å². The van der Waals surface area contributed by atoms with E-state index in [1.165, 1.54) is 24.0 Å². The van der Waals surface area contributed by atoms with Crippen molar-refractivity contribution in [2.75, 3.05) is 5.43 Å². The van der Waals surface area contributed by atoms with Crippen molar-refractivity contribution in [1.29, 1.82) is 0 Å². The molecule has 0 aliphatic rings. The Morgan fingerprint density at radius 2 is 1.78 bits per heavy atom. The number of anilines is 1. The molecule has 18 heavy (non-hydrogen) atoms. The Morgan fingerprint density at radius 1 is 1.11 bits per heavy atom. The number of rotatable bonds is 8. The molecule has 0 spiro atoms. The highest BCUT2D eigenvalue weighted by molar-refractivity contribution is 5.85. The van der Waals surface area contributed by atoms with E-state index in [2.05, 4.69) is 30.6 Å². The van der Waals surface area contributed by atoms with Gasteiger partial charge in [-0.05, 0) is 42.9 Å². The van der Waals surface area contributed by atoms with Crippen molar-refractivity contribution < 1.29 is 0 Å². The van der Waals surface area contributed by atoms with Gasteiger partial charge in [0.1, 0.15) is 0 Å². The molecule has 0 saturated carbocycles. The molecule has 0 radical (unpaired) electrons. The van der Waals surface area contributed by atoms with Crippen LogP contribution in [-0.2, 0) is 12.8 Å². The number of nitroso groups, excluding NO2 is 1. The molecule has 0 atom stereocenters. The van der Waals surface area contributed by atoms with E-state index >= 15 is 0 Å². The molecular weight excluding hydrogens is 248 g/mol. The largest absolute Gasteiger partial charge is 0.242 e. The molecule has 0 fully saturated rings. The van der Waals surface area contributed by atoms with E-state index in [-0.39, 0.29) is 12.4 Å². The topological polar surface area (TPSA) is 41.5 Å². The first-order chi connectivity index (χ1) is 8.33. The average molecular weight is 271 g/mol. The van der Waals surface area contributed by atoms with Crippen LogP contribution in [0.2, 0.25) is 0 Å². The molecule has 0 bridgehead atoms. The molecule has 0 unspecified atom stereocenters. The van der Waals surface area contributed by atoms with Gasteiger partial charge in [-0.3, -0.25) is 0 Å². The molecule has 3 nitrogen and oxygen atoms in total. The van der Waals surface area contributed by atoms with Crippen LogP contribution in [0.25, 0.3) is 0 Å². The van der Waals surface area contributed by atoms with Gasteiger partial charge in [0.25, 0.3) is 0 Å². The van der Waals surface area contributed by atoms with Crippen molar-refractivity contribution in [3.63, 3.8) is 0 Å². The van der Waals surface area contributed by atoms with Crippen molar-refractivity contribution in [2.45, 2.75) is 52.4 Å². The van der Waals surface area contributed by atoms with Gasteiger partial charge in [0.05, 0.1) is 11.0 Å². The van der Waals surface area contributed by atoms with Crippen LogP contribution in [0.1, 0.15) is 50.7 Å². The van der Waals surface area contributed by atoms with Crippen LogP contribution < -0.4 is 5.43 Å². The number of benzene rings is 1. The quantitative estimate of drug-likeness (QED) is 0.540. The van der Waals surface area contributed by atoms with E-state index in [0.717, 1.165) is 31.4 Å². The first kappa shape index (κ1) is 16.9. The van der Waals surface area contributed by atoms with Gasteiger partial charge in [0, 0.05) is 0 Å². The minimum atomic E-state index is 0. The second-order valence-electron chi connectivity index (χ2n) is 4.35. The predicted octanol–water partition coefficient (Wildman–Crippen LogP) is 4.89. The lowest BCUT2D eigenvalue weighted by molar-refractivity contribution is 0.758. The van der Waals surface area contributed by atoms with Crippen LogP contribution in [0.5, 0.6) is 0 Å². The minimum Gasteiger partial charge on any atom is -0.242 e. The lowest BCUT2D eigenvalue weighted by atomic mass is 9.96. The van der Waals surface area contributed by atoms with Crippen molar-refractivity contribution in [3.05, 3.63) is 34.2 Å². The summed E-state index contributed by atoms with van der Waals surface area (Å²) in [6.07, 6.45) is 6.80. The molecule has 4 heteroatoms. The maximum Gasteiger partial charge on any atom is 0.0628 e. The standard InChI is InChI=1S/C14H22N2O.ClH/c1-3-5-8-12-9-7-11-14(15-16-17)13(12)10-6-4-2;/h7,9,11H,3-6,8,10H2,1-2H3,(H,15,17);1H. The van der Waals surface area contributed by atoms with Gasteiger partial charge in [0.15, 0.2) is 0 Å². The van der Waals surface area contributed by atoms with Crippen LogP contribution in [0, 0.1) is 4.91 Å². The maximum atomic E-state index is 10.4. The second kappa shape index (κ2) is 9.89. The summed E-state index contributed by atoms with van der Waals surface area (Å²) in [5.74, 6) is 0. The number of hydrogen-bond acceptors (Lipinski definition) is 2. The molecule has 0 aromatic heterocycles. The summed E-state index contributed by atoms with van der Waals surface area (Å²) in [5.41, 5.74) is 6.07. The van der Waals surface area contributed by atoms with Crippen LogP contribution >= 0.6 is 12.4 Å². The summed E-state index contributed by atoms with van der Waals surface area (Å²) in [6, 6.07) is 6.09. The zero-order valence-electron chi connectivity index (χ0n) is 11.2. The molecular formula is C14H23ClN2O. The summed E-state index contributed by atoms with van der Waals surface area (Å²) in [5, 5.41) is 2.80. The molecule has 0 aliphatic heterocycles. The SMILES string of the molecule is CCCCc1cccc(NN=O)c1CCCC.Cl. The summed E-state index contributed by atoms with van der Waals surface area (Å²) >= 11 is 0. The number of nitrogens with zero attached hydrogens (tertiary/aromatic N) is 1. The van der Waals surface area contributed by atoms with Crippen LogP contribution in [0.4, 0.5) is 5.69 Å². The number of halogens is 1. The summed E-state index contributed by atoms with van der Waals surface area (Å²) in [7, 11) is 0. The summed E-state index contributed by atoms with van der Waals surface area (Å²) < 4.78 is 0. The van der Waals surface area contributed by atoms with Crippen molar-refractivity contribution in [1.82, 2.24) is 0 Å². The first-order valence-corrected chi connectivity index (χ1v) is 6.52. The zero-order valence-corrected chi connectivity index (χ0v) is 12.1. The van der Waals surface area contributed by atoms with Gasteiger partial charge in [-0.25, -0.2) is 5.43 Å². The molecule has 0 heterocycles. The number of unbranched alkanes of at least 4 members (excludes halogenated alkanes) is 2. The third-order valence-electron chi connectivity index (χ3n) is 3.02. The molecule has 1 rings (SSSR count). The second-order valence-corrected chi connectivity index (χ2v) is 4.35. The van der Waals surface area contributed by atoms with Crippen LogP contribution in [0.15, 0.2) is 23.5 Å². The van der Waals surface area contributed by atoms with Crippen LogP contribution in [0.3, 0.4) is 0 Å². The van der Waals surface area contributed by atoms with Crippen molar-refractivity contribution >= 4 is 18.1 Å². The van der Waals surface area contributed by atoms with E-state index in [4.69, 9.17) is 0 Å². The van der Waals surface area contributed by atoms with E-state index in [1.807, 2.05) is 12.1 Å². The fraction of sp³-hybridized carbons (Fsp3) is 0.571. The Balaban J connectivity index is 0.00000289. The smallest absolute Gasteiger partial charge is 0.0628 e. The maximum absolute atomic E-state index is 10.4. The minimum absolute atomic E-state index is 0.